The summed E-state index contributed by atoms with van der Waals surface area (Å²) in [6.07, 6.45) is 0. The Kier molecular flexibility index (Phi) is 1.92. The fraction of sp³-hybridized carbons (Fsp3) is 0.222. The highest BCUT2D eigenvalue weighted by Gasteiger charge is 2.16. The van der Waals surface area contributed by atoms with Crippen molar-refractivity contribution in [2.75, 3.05) is 24.2 Å². The maximum atomic E-state index is 10.7. The number of nitrogens with one attached hydrogen (secondary N) is 1. The molecule has 0 amide bonds. The van der Waals surface area contributed by atoms with Crippen LogP contribution in [0, 0.1) is 0 Å². The standard InChI is InChI=1S/C9H10N2O3/c10-6-3-5(9(12)13)4-7-8(6)11-1-2-14-7/h3-4,11H,1-2,10H2,(H,12,13). The normalized spacial score (nSPS) is 13.7. The Labute approximate surface area is 80.5 Å². The van der Waals surface area contributed by atoms with Gasteiger partial charge < -0.3 is 20.9 Å². The summed E-state index contributed by atoms with van der Waals surface area (Å²) in [5.41, 5.74) is 6.90. The topological polar surface area (TPSA) is 84.6 Å². The number of benzene rings is 1. The Morgan fingerprint density at radius 1 is 1.57 bits per heavy atom. The van der Waals surface area contributed by atoms with Crippen LogP contribution in [0.15, 0.2) is 12.1 Å². The Morgan fingerprint density at radius 2 is 2.36 bits per heavy atom. The quantitative estimate of drug-likeness (QED) is 0.575. The average molecular weight is 194 g/mol. The first-order chi connectivity index (χ1) is 6.68. The Balaban J connectivity index is 2.51. The van der Waals surface area contributed by atoms with Gasteiger partial charge in [-0.25, -0.2) is 4.79 Å². The molecule has 0 atom stereocenters. The molecule has 0 aliphatic carbocycles. The number of carboxylic acids is 1. The van der Waals surface area contributed by atoms with Gasteiger partial charge in [0.25, 0.3) is 0 Å². The third-order valence-electron chi connectivity index (χ3n) is 2.04. The summed E-state index contributed by atoms with van der Waals surface area (Å²) in [4.78, 5) is 10.7. The molecule has 0 radical (unpaired) electrons. The van der Waals surface area contributed by atoms with Gasteiger partial charge in [-0.2, -0.15) is 0 Å². The number of carboxylic acid groups (broad SMARTS) is 1. The van der Waals surface area contributed by atoms with Crippen molar-refractivity contribution in [3.63, 3.8) is 0 Å². The van der Waals surface area contributed by atoms with Crippen molar-refractivity contribution in [2.24, 2.45) is 0 Å². The van der Waals surface area contributed by atoms with Crippen LogP contribution in [0.25, 0.3) is 0 Å². The van der Waals surface area contributed by atoms with Crippen molar-refractivity contribution in [1.82, 2.24) is 0 Å². The number of rotatable bonds is 1. The predicted molar refractivity (Wildman–Crippen MR) is 51.8 cm³/mol. The van der Waals surface area contributed by atoms with Crippen molar-refractivity contribution in [3.05, 3.63) is 17.7 Å². The van der Waals surface area contributed by atoms with E-state index in [-0.39, 0.29) is 5.56 Å². The highest BCUT2D eigenvalue weighted by atomic mass is 16.5. The molecule has 0 unspecified atom stereocenters. The molecular formula is C9H10N2O3. The number of fused-ring (bicyclic) bond motifs is 1. The number of nitrogen functional groups attached to an aromatic ring is 1. The van der Waals surface area contributed by atoms with Crippen LogP contribution in [-0.2, 0) is 0 Å². The SMILES string of the molecule is Nc1cc(C(=O)O)cc2c1NCCO2. The molecule has 14 heavy (non-hydrogen) atoms. The van der Waals surface area contributed by atoms with E-state index in [1.807, 2.05) is 0 Å². The minimum atomic E-state index is -1.01. The van der Waals surface area contributed by atoms with Crippen LogP contribution in [0.2, 0.25) is 0 Å². The molecule has 0 spiro atoms. The minimum Gasteiger partial charge on any atom is -0.489 e. The lowest BCUT2D eigenvalue weighted by atomic mass is 10.1. The summed E-state index contributed by atoms with van der Waals surface area (Å²) in [6.45, 7) is 1.21. The monoisotopic (exact) mass is 194 g/mol. The molecule has 2 rings (SSSR count). The highest BCUT2D eigenvalue weighted by molar-refractivity contribution is 5.92. The summed E-state index contributed by atoms with van der Waals surface area (Å²) in [6, 6.07) is 2.89. The van der Waals surface area contributed by atoms with Crippen LogP contribution in [0.4, 0.5) is 11.4 Å². The smallest absolute Gasteiger partial charge is 0.335 e. The zero-order valence-electron chi connectivity index (χ0n) is 7.41. The zero-order valence-corrected chi connectivity index (χ0v) is 7.41. The van der Waals surface area contributed by atoms with Gasteiger partial charge in [0.2, 0.25) is 0 Å². The second-order valence-electron chi connectivity index (χ2n) is 3.02. The molecule has 0 saturated heterocycles. The Morgan fingerprint density at radius 3 is 3.07 bits per heavy atom. The van der Waals surface area contributed by atoms with E-state index in [9.17, 15) is 4.79 Å². The first kappa shape index (κ1) is 8.68. The molecule has 0 aromatic heterocycles. The summed E-state index contributed by atoms with van der Waals surface area (Å²) in [7, 11) is 0. The van der Waals surface area contributed by atoms with Gasteiger partial charge in [-0.05, 0) is 12.1 Å². The van der Waals surface area contributed by atoms with Crippen LogP contribution in [-0.4, -0.2) is 24.2 Å². The first-order valence-corrected chi connectivity index (χ1v) is 4.22. The van der Waals surface area contributed by atoms with Gasteiger partial charge in [-0.3, -0.25) is 0 Å². The van der Waals surface area contributed by atoms with Crippen LogP contribution in [0.5, 0.6) is 5.75 Å². The average Bonchev–Trinajstić information content (AvgIpc) is 2.17. The summed E-state index contributed by atoms with van der Waals surface area (Å²) >= 11 is 0. The Hall–Kier alpha value is -1.91. The number of carbonyl (C=O) groups is 1. The largest absolute Gasteiger partial charge is 0.489 e. The van der Waals surface area contributed by atoms with E-state index in [2.05, 4.69) is 5.32 Å². The lowest BCUT2D eigenvalue weighted by Gasteiger charge is -2.20. The minimum absolute atomic E-state index is 0.143. The summed E-state index contributed by atoms with van der Waals surface area (Å²) in [5, 5.41) is 11.8. The predicted octanol–water partition coefficient (Wildman–Crippen LogP) is 0.771. The molecule has 1 aliphatic rings. The van der Waals surface area contributed by atoms with Crippen LogP contribution >= 0.6 is 0 Å². The maximum Gasteiger partial charge on any atom is 0.335 e. The van der Waals surface area contributed by atoms with Gasteiger partial charge in [0.05, 0.1) is 11.3 Å². The third kappa shape index (κ3) is 1.32. The molecule has 74 valence electrons. The van der Waals surface area contributed by atoms with Crippen LogP contribution in [0.1, 0.15) is 10.4 Å². The molecule has 4 N–H and O–H groups in total. The number of ether oxygens (including phenoxy) is 1. The van der Waals surface area contributed by atoms with Gasteiger partial charge in [-0.1, -0.05) is 0 Å². The van der Waals surface area contributed by atoms with E-state index >= 15 is 0 Å². The van der Waals surface area contributed by atoms with Crippen LogP contribution < -0.4 is 15.8 Å². The van der Waals surface area contributed by atoms with Gasteiger partial charge in [0.1, 0.15) is 18.0 Å². The summed E-state index contributed by atoms with van der Waals surface area (Å²) in [5.74, 6) is -0.498. The van der Waals surface area contributed by atoms with E-state index in [1.165, 1.54) is 12.1 Å². The van der Waals surface area contributed by atoms with Crippen molar-refractivity contribution < 1.29 is 14.6 Å². The molecule has 1 aromatic rings. The lowest BCUT2D eigenvalue weighted by Crippen LogP contribution is -2.19. The molecule has 1 aromatic carbocycles. The Bertz CT molecular complexity index is 390. The van der Waals surface area contributed by atoms with Gasteiger partial charge in [-0.15, -0.1) is 0 Å². The fourth-order valence-corrected chi connectivity index (χ4v) is 1.40. The number of nitrogens with two attached hydrogens (primary N) is 1. The number of hydrogen-bond acceptors (Lipinski definition) is 4. The molecule has 0 saturated carbocycles. The maximum absolute atomic E-state index is 10.7. The molecule has 1 heterocycles. The fourth-order valence-electron chi connectivity index (χ4n) is 1.40. The number of anilines is 2. The second kappa shape index (κ2) is 3.10. The zero-order chi connectivity index (χ0) is 10.1. The van der Waals surface area contributed by atoms with Crippen molar-refractivity contribution in [3.8, 4) is 5.75 Å². The van der Waals surface area contributed by atoms with Gasteiger partial charge >= 0.3 is 5.97 Å². The molecular weight excluding hydrogens is 184 g/mol. The van der Waals surface area contributed by atoms with Crippen molar-refractivity contribution >= 4 is 17.3 Å². The molecule has 1 aliphatic heterocycles. The van der Waals surface area contributed by atoms with E-state index in [0.717, 1.165) is 0 Å². The van der Waals surface area contributed by atoms with Gasteiger partial charge in [0, 0.05) is 6.54 Å². The van der Waals surface area contributed by atoms with E-state index in [1.54, 1.807) is 0 Å². The number of aromatic carboxylic acids is 1. The van der Waals surface area contributed by atoms with E-state index < -0.39 is 5.97 Å². The first-order valence-electron chi connectivity index (χ1n) is 4.22. The molecule has 5 nitrogen and oxygen atoms in total. The highest BCUT2D eigenvalue weighted by Crippen LogP contribution is 2.34. The molecule has 0 fully saturated rings. The van der Waals surface area contributed by atoms with Crippen molar-refractivity contribution in [1.29, 1.82) is 0 Å². The second-order valence-corrected chi connectivity index (χ2v) is 3.02. The summed E-state index contributed by atoms with van der Waals surface area (Å²) < 4.78 is 5.29. The number of hydrogen-bond donors (Lipinski definition) is 3. The third-order valence-corrected chi connectivity index (χ3v) is 2.04. The van der Waals surface area contributed by atoms with Crippen molar-refractivity contribution in [2.45, 2.75) is 0 Å². The van der Waals surface area contributed by atoms with E-state index in [0.29, 0.717) is 30.3 Å². The lowest BCUT2D eigenvalue weighted by molar-refractivity contribution is 0.0696. The van der Waals surface area contributed by atoms with E-state index in [4.69, 9.17) is 15.6 Å². The molecule has 5 heteroatoms. The molecule has 0 bridgehead atoms. The van der Waals surface area contributed by atoms with Gasteiger partial charge in [0.15, 0.2) is 0 Å². The van der Waals surface area contributed by atoms with Crippen LogP contribution in [0.3, 0.4) is 0 Å².